The number of hydrogen-bond acceptors (Lipinski definition) is 6. The first kappa shape index (κ1) is 27.9. The predicted molar refractivity (Wildman–Crippen MR) is 137 cm³/mol. The lowest BCUT2D eigenvalue weighted by Gasteiger charge is -2.44. The third-order valence-corrected chi connectivity index (χ3v) is 7.51. The van der Waals surface area contributed by atoms with E-state index in [4.69, 9.17) is 15.2 Å². The van der Waals surface area contributed by atoms with E-state index in [1.54, 1.807) is 7.11 Å². The van der Waals surface area contributed by atoms with Gasteiger partial charge >= 0.3 is 0 Å². The number of para-hydroxylation sites is 1. The number of ether oxygens (including phenoxy) is 2. The van der Waals surface area contributed by atoms with Crippen molar-refractivity contribution in [1.82, 2.24) is 4.90 Å². The van der Waals surface area contributed by atoms with Crippen LogP contribution >= 0.6 is 0 Å². The highest BCUT2D eigenvalue weighted by Crippen LogP contribution is 2.44. The fraction of sp³-hybridized carbons (Fsp3) is 0.750. The average Bonchev–Trinajstić information content (AvgIpc) is 3.17. The van der Waals surface area contributed by atoms with E-state index in [1.807, 2.05) is 29.2 Å². The summed E-state index contributed by atoms with van der Waals surface area (Å²) in [5.74, 6) is 0.420. The van der Waals surface area contributed by atoms with Gasteiger partial charge in [-0.15, -0.1) is 0 Å². The largest absolute Gasteiger partial charge is 0.493 e. The summed E-state index contributed by atoms with van der Waals surface area (Å²) in [7, 11) is 1.69. The van der Waals surface area contributed by atoms with Gasteiger partial charge in [-0.1, -0.05) is 39.0 Å². The number of likely N-dealkylation sites (tertiary alicyclic amines) is 1. The van der Waals surface area contributed by atoms with Crippen LogP contribution in [-0.4, -0.2) is 66.6 Å². The predicted octanol–water partition coefficient (Wildman–Crippen LogP) is 3.45. The van der Waals surface area contributed by atoms with Crippen LogP contribution in [0.5, 0.6) is 5.75 Å². The molecule has 2 fully saturated rings. The summed E-state index contributed by atoms with van der Waals surface area (Å²) < 4.78 is 11.5. The van der Waals surface area contributed by atoms with Gasteiger partial charge in [0.15, 0.2) is 0 Å². The van der Waals surface area contributed by atoms with E-state index >= 15 is 0 Å². The molecule has 1 aliphatic heterocycles. The molecule has 1 unspecified atom stereocenters. The van der Waals surface area contributed by atoms with Gasteiger partial charge in [0.1, 0.15) is 5.75 Å². The second-order valence-corrected chi connectivity index (χ2v) is 11.7. The minimum atomic E-state index is -1.12. The Morgan fingerprint density at radius 1 is 1.20 bits per heavy atom. The van der Waals surface area contributed by atoms with Crippen molar-refractivity contribution in [3.05, 3.63) is 29.8 Å². The Bertz CT molecular complexity index is 816. The molecular formula is C28H46N2O5. The Balaban J connectivity index is 1.84. The minimum Gasteiger partial charge on any atom is -0.493 e. The molecule has 0 aromatic heterocycles. The van der Waals surface area contributed by atoms with Crippen molar-refractivity contribution in [2.24, 2.45) is 23.0 Å². The second kappa shape index (κ2) is 12.0. The van der Waals surface area contributed by atoms with E-state index < -0.39 is 11.7 Å². The Hall–Kier alpha value is -1.67. The summed E-state index contributed by atoms with van der Waals surface area (Å²) in [5.41, 5.74) is 5.66. The molecule has 5 atom stereocenters. The zero-order valence-electron chi connectivity index (χ0n) is 22.0. The molecule has 0 spiro atoms. The number of aliphatic hydroxyl groups excluding tert-OH is 1. The maximum absolute atomic E-state index is 13.3. The SMILES string of the molecule is COCCCC[C@@](O)(c1ccccc1OCC(C)(C)C)C1CCCN(C(=O)[C@H]2C[C@@H](N)[C@@H](O)C2)C1. The molecule has 1 saturated heterocycles. The summed E-state index contributed by atoms with van der Waals surface area (Å²) >= 11 is 0. The standard InChI is InChI=1S/C28H46N2O5/c1-27(2,3)19-35-25-12-6-5-11-22(25)28(33,13-7-8-15-34-4)21-10-9-14-30(18-21)26(32)20-16-23(29)24(31)17-20/h5-6,11-12,20-21,23-24,31,33H,7-10,13-19,29H2,1-4H3/t20-,21?,23+,24-,28-/m0/s1. The van der Waals surface area contributed by atoms with Gasteiger partial charge in [0.2, 0.25) is 5.91 Å². The first-order valence-corrected chi connectivity index (χ1v) is 13.2. The minimum absolute atomic E-state index is 0.00948. The summed E-state index contributed by atoms with van der Waals surface area (Å²) in [5, 5.41) is 22.4. The molecule has 198 valence electrons. The van der Waals surface area contributed by atoms with Gasteiger partial charge in [-0.25, -0.2) is 0 Å². The zero-order valence-corrected chi connectivity index (χ0v) is 22.0. The highest BCUT2D eigenvalue weighted by molar-refractivity contribution is 5.79. The highest BCUT2D eigenvalue weighted by atomic mass is 16.5. The molecule has 1 aromatic rings. The molecule has 7 nitrogen and oxygen atoms in total. The number of unbranched alkanes of at least 4 members (excludes halogenated alkanes) is 1. The van der Waals surface area contributed by atoms with Crippen LogP contribution in [0.3, 0.4) is 0 Å². The fourth-order valence-electron chi connectivity index (χ4n) is 5.52. The topological polar surface area (TPSA) is 105 Å². The van der Waals surface area contributed by atoms with E-state index in [9.17, 15) is 15.0 Å². The van der Waals surface area contributed by atoms with Gasteiger partial charge in [0, 0.05) is 50.2 Å². The van der Waals surface area contributed by atoms with Gasteiger partial charge in [-0.3, -0.25) is 4.79 Å². The lowest BCUT2D eigenvalue weighted by Crippen LogP contribution is -2.49. The number of amides is 1. The summed E-state index contributed by atoms with van der Waals surface area (Å²) in [6.45, 7) is 8.75. The molecule has 7 heteroatoms. The molecule has 4 N–H and O–H groups in total. The monoisotopic (exact) mass is 490 g/mol. The number of rotatable bonds is 10. The van der Waals surface area contributed by atoms with Crippen LogP contribution in [0, 0.1) is 17.3 Å². The van der Waals surface area contributed by atoms with Crippen molar-refractivity contribution in [3.63, 3.8) is 0 Å². The lowest BCUT2D eigenvalue weighted by atomic mass is 9.73. The number of hydrogen-bond donors (Lipinski definition) is 3. The number of nitrogens with zero attached hydrogens (tertiary/aromatic N) is 1. The molecular weight excluding hydrogens is 444 g/mol. The Morgan fingerprint density at radius 3 is 2.60 bits per heavy atom. The van der Waals surface area contributed by atoms with Crippen LogP contribution in [0.15, 0.2) is 24.3 Å². The smallest absolute Gasteiger partial charge is 0.225 e. The van der Waals surface area contributed by atoms with Crippen LogP contribution < -0.4 is 10.5 Å². The zero-order chi connectivity index (χ0) is 25.6. The molecule has 1 saturated carbocycles. The van der Waals surface area contributed by atoms with Crippen molar-refractivity contribution < 1.29 is 24.5 Å². The van der Waals surface area contributed by atoms with Gasteiger partial charge in [0.05, 0.1) is 18.3 Å². The number of methoxy groups -OCH3 is 1. The van der Waals surface area contributed by atoms with Crippen LogP contribution in [0.2, 0.25) is 0 Å². The second-order valence-electron chi connectivity index (χ2n) is 11.7. The molecule has 1 heterocycles. The molecule has 0 bridgehead atoms. The number of piperidine rings is 1. The number of carbonyl (C=O) groups is 1. The first-order valence-electron chi connectivity index (χ1n) is 13.2. The van der Waals surface area contributed by atoms with Gasteiger partial charge in [0.25, 0.3) is 0 Å². The van der Waals surface area contributed by atoms with Crippen LogP contribution in [0.1, 0.15) is 71.3 Å². The molecule has 35 heavy (non-hydrogen) atoms. The van der Waals surface area contributed by atoms with Crippen LogP contribution in [0.4, 0.5) is 0 Å². The van der Waals surface area contributed by atoms with Gasteiger partial charge < -0.3 is 30.3 Å². The lowest BCUT2D eigenvalue weighted by molar-refractivity contribution is -0.141. The summed E-state index contributed by atoms with van der Waals surface area (Å²) in [6, 6.07) is 7.47. The maximum atomic E-state index is 13.3. The molecule has 1 amide bonds. The van der Waals surface area contributed by atoms with Crippen molar-refractivity contribution in [1.29, 1.82) is 0 Å². The fourth-order valence-corrected chi connectivity index (χ4v) is 5.52. The van der Waals surface area contributed by atoms with Crippen LogP contribution in [0.25, 0.3) is 0 Å². The van der Waals surface area contributed by atoms with E-state index in [0.717, 1.165) is 31.2 Å². The maximum Gasteiger partial charge on any atom is 0.225 e. The van der Waals surface area contributed by atoms with Crippen LogP contribution in [-0.2, 0) is 15.1 Å². The summed E-state index contributed by atoms with van der Waals surface area (Å²) in [6.07, 6.45) is 4.25. The van der Waals surface area contributed by atoms with Crippen molar-refractivity contribution in [2.45, 2.75) is 83.5 Å². The number of nitrogens with two attached hydrogens (primary N) is 1. The van der Waals surface area contributed by atoms with Gasteiger partial charge in [-0.05, 0) is 56.4 Å². The molecule has 1 aliphatic carbocycles. The molecule has 2 aliphatic rings. The highest BCUT2D eigenvalue weighted by Gasteiger charge is 2.44. The third-order valence-electron chi connectivity index (χ3n) is 7.51. The molecule has 3 rings (SSSR count). The third kappa shape index (κ3) is 7.19. The Morgan fingerprint density at radius 2 is 1.94 bits per heavy atom. The van der Waals surface area contributed by atoms with Crippen molar-refractivity contribution in [2.75, 3.05) is 33.4 Å². The van der Waals surface area contributed by atoms with E-state index in [1.165, 1.54) is 0 Å². The quantitative estimate of drug-likeness (QED) is 0.434. The van der Waals surface area contributed by atoms with Gasteiger partial charge in [-0.2, -0.15) is 0 Å². The van der Waals surface area contributed by atoms with E-state index in [-0.39, 0.29) is 29.2 Å². The van der Waals surface area contributed by atoms with E-state index in [2.05, 4.69) is 20.8 Å². The molecule has 1 aromatic carbocycles. The average molecular weight is 491 g/mol. The van der Waals surface area contributed by atoms with Crippen molar-refractivity contribution in [3.8, 4) is 5.75 Å². The van der Waals surface area contributed by atoms with Crippen molar-refractivity contribution >= 4 is 5.91 Å². The summed E-state index contributed by atoms with van der Waals surface area (Å²) in [4.78, 5) is 15.2. The first-order chi connectivity index (χ1) is 16.5. The number of aliphatic hydroxyl groups is 2. The van der Waals surface area contributed by atoms with E-state index in [0.29, 0.717) is 51.3 Å². The number of benzene rings is 1. The normalized spacial score (nSPS) is 27.0. The molecule has 0 radical (unpaired) electrons. The Kier molecular flexibility index (Phi) is 9.60. The Labute approximate surface area is 211 Å². The number of carbonyl (C=O) groups excluding carboxylic acids is 1.